The van der Waals surface area contributed by atoms with Gasteiger partial charge in [0.15, 0.2) is 5.79 Å². The average Bonchev–Trinajstić information content (AvgIpc) is 2.44. The minimum atomic E-state index is -0.658. The molecule has 1 aliphatic rings. The van der Waals surface area contributed by atoms with Crippen molar-refractivity contribution in [2.24, 2.45) is 0 Å². The second-order valence-corrected chi connectivity index (χ2v) is 3.64. The van der Waals surface area contributed by atoms with Crippen LogP contribution in [-0.2, 0) is 19.0 Å². The lowest BCUT2D eigenvalue weighted by molar-refractivity contribution is -0.194. The van der Waals surface area contributed by atoms with Gasteiger partial charge in [-0.05, 0) is 27.7 Å². The molecule has 4 nitrogen and oxygen atoms in total. The Balaban J connectivity index is 2.44. The molecule has 1 heterocycles. The highest BCUT2D eigenvalue weighted by Gasteiger charge is 2.35. The number of allylic oxidation sites excluding steroid dienone is 1. The summed E-state index contributed by atoms with van der Waals surface area (Å²) in [6.07, 6.45) is 1.11. The van der Waals surface area contributed by atoms with E-state index in [0.717, 1.165) is 0 Å². The molecule has 0 N–H and O–H groups in total. The van der Waals surface area contributed by atoms with Crippen LogP contribution in [0.2, 0.25) is 0 Å². The fourth-order valence-corrected chi connectivity index (χ4v) is 1.04. The zero-order valence-corrected chi connectivity index (χ0v) is 8.99. The maximum Gasteiger partial charge on any atom is 0.335 e. The minimum absolute atomic E-state index is 0.287. The van der Waals surface area contributed by atoms with Gasteiger partial charge in [0, 0.05) is 5.57 Å². The van der Waals surface area contributed by atoms with E-state index in [1.54, 1.807) is 33.8 Å². The molecule has 1 unspecified atom stereocenters. The van der Waals surface area contributed by atoms with Gasteiger partial charge < -0.3 is 14.2 Å². The SMILES string of the molecule is C/C=C(\C)C(=O)OC1COC(C)(C)O1. The summed E-state index contributed by atoms with van der Waals surface area (Å²) in [4.78, 5) is 11.3. The van der Waals surface area contributed by atoms with Gasteiger partial charge in [0.25, 0.3) is 0 Å². The maximum absolute atomic E-state index is 11.3. The van der Waals surface area contributed by atoms with Crippen molar-refractivity contribution in [3.63, 3.8) is 0 Å². The molecule has 0 radical (unpaired) electrons. The van der Waals surface area contributed by atoms with Gasteiger partial charge in [0.2, 0.25) is 6.29 Å². The van der Waals surface area contributed by atoms with Gasteiger partial charge in [-0.15, -0.1) is 0 Å². The summed E-state index contributed by atoms with van der Waals surface area (Å²) in [5.41, 5.74) is 0.568. The van der Waals surface area contributed by atoms with Crippen LogP contribution in [0.5, 0.6) is 0 Å². The van der Waals surface area contributed by atoms with Crippen molar-refractivity contribution in [3.8, 4) is 0 Å². The quantitative estimate of drug-likeness (QED) is 0.501. The number of esters is 1. The summed E-state index contributed by atoms with van der Waals surface area (Å²) in [7, 11) is 0. The Morgan fingerprint density at radius 3 is 2.64 bits per heavy atom. The molecular formula is C10H16O4. The molecule has 14 heavy (non-hydrogen) atoms. The third-order valence-electron chi connectivity index (χ3n) is 1.98. The van der Waals surface area contributed by atoms with Crippen LogP contribution >= 0.6 is 0 Å². The molecule has 1 aliphatic heterocycles. The van der Waals surface area contributed by atoms with Crippen molar-refractivity contribution in [2.45, 2.75) is 39.8 Å². The molecule has 0 spiro atoms. The molecule has 0 amide bonds. The Kier molecular flexibility index (Phi) is 3.29. The van der Waals surface area contributed by atoms with Crippen molar-refractivity contribution in [1.82, 2.24) is 0 Å². The topological polar surface area (TPSA) is 44.8 Å². The molecule has 4 heteroatoms. The number of carbonyl (C=O) groups excluding carboxylic acids is 1. The van der Waals surface area contributed by atoms with E-state index in [0.29, 0.717) is 5.57 Å². The van der Waals surface area contributed by atoms with Gasteiger partial charge in [-0.3, -0.25) is 0 Å². The number of hydrogen-bond donors (Lipinski definition) is 0. The highest BCUT2D eigenvalue weighted by molar-refractivity contribution is 5.87. The van der Waals surface area contributed by atoms with Crippen molar-refractivity contribution in [2.75, 3.05) is 6.61 Å². The van der Waals surface area contributed by atoms with Crippen LogP contribution in [0.4, 0.5) is 0 Å². The van der Waals surface area contributed by atoms with E-state index in [1.165, 1.54) is 0 Å². The number of hydrogen-bond acceptors (Lipinski definition) is 4. The van der Waals surface area contributed by atoms with Gasteiger partial charge in [-0.25, -0.2) is 4.79 Å². The summed E-state index contributed by atoms with van der Waals surface area (Å²) in [6.45, 7) is 7.33. The Morgan fingerprint density at radius 2 is 2.21 bits per heavy atom. The van der Waals surface area contributed by atoms with Gasteiger partial charge in [0.1, 0.15) is 6.61 Å². The van der Waals surface area contributed by atoms with Crippen LogP contribution in [0, 0.1) is 0 Å². The first-order valence-corrected chi connectivity index (χ1v) is 4.60. The van der Waals surface area contributed by atoms with Gasteiger partial charge >= 0.3 is 5.97 Å². The van der Waals surface area contributed by atoms with E-state index in [9.17, 15) is 4.79 Å². The Bertz CT molecular complexity index is 255. The summed E-state index contributed by atoms with van der Waals surface area (Å²) in [5, 5.41) is 0. The zero-order valence-electron chi connectivity index (χ0n) is 8.99. The van der Waals surface area contributed by atoms with Crippen molar-refractivity contribution in [1.29, 1.82) is 0 Å². The van der Waals surface area contributed by atoms with E-state index < -0.39 is 12.1 Å². The van der Waals surface area contributed by atoms with Crippen LogP contribution in [0.1, 0.15) is 27.7 Å². The summed E-state index contributed by atoms with van der Waals surface area (Å²) < 4.78 is 15.6. The highest BCUT2D eigenvalue weighted by atomic mass is 16.8. The molecule has 0 aromatic carbocycles. The molecule has 1 rings (SSSR count). The fourth-order valence-electron chi connectivity index (χ4n) is 1.04. The first-order valence-electron chi connectivity index (χ1n) is 4.60. The molecule has 0 aromatic rings. The van der Waals surface area contributed by atoms with Gasteiger partial charge in [-0.2, -0.15) is 0 Å². The first kappa shape index (κ1) is 11.2. The minimum Gasteiger partial charge on any atom is -0.430 e. The molecular weight excluding hydrogens is 184 g/mol. The average molecular weight is 200 g/mol. The second-order valence-electron chi connectivity index (χ2n) is 3.64. The molecule has 1 fully saturated rings. The normalized spacial score (nSPS) is 26.3. The monoisotopic (exact) mass is 200 g/mol. The lowest BCUT2D eigenvalue weighted by Gasteiger charge is -2.16. The molecule has 0 saturated carbocycles. The molecule has 1 atom stereocenters. The highest BCUT2D eigenvalue weighted by Crippen LogP contribution is 2.23. The van der Waals surface area contributed by atoms with Crippen LogP contribution < -0.4 is 0 Å². The molecule has 0 aromatic heterocycles. The standard InChI is InChI=1S/C10H16O4/c1-5-7(2)9(11)13-8-6-12-10(3,4)14-8/h5,8H,6H2,1-4H3/b7-5+. The van der Waals surface area contributed by atoms with E-state index in [1.807, 2.05) is 0 Å². The fraction of sp³-hybridized carbons (Fsp3) is 0.700. The lowest BCUT2D eigenvalue weighted by Crippen LogP contribution is -2.25. The molecule has 0 aliphatic carbocycles. The maximum atomic E-state index is 11.3. The van der Waals surface area contributed by atoms with E-state index >= 15 is 0 Å². The molecule has 80 valence electrons. The number of ether oxygens (including phenoxy) is 3. The predicted octanol–water partition coefficient (Wildman–Crippen LogP) is 1.60. The molecule has 0 bridgehead atoms. The largest absolute Gasteiger partial charge is 0.430 e. The Morgan fingerprint density at radius 1 is 1.57 bits per heavy atom. The van der Waals surface area contributed by atoms with Gasteiger partial charge in [0.05, 0.1) is 0 Å². The van der Waals surface area contributed by atoms with Crippen LogP contribution in [0.3, 0.4) is 0 Å². The number of rotatable bonds is 2. The third kappa shape index (κ3) is 2.82. The Hall–Kier alpha value is -0.870. The second kappa shape index (κ2) is 4.11. The van der Waals surface area contributed by atoms with Crippen molar-refractivity contribution < 1.29 is 19.0 Å². The van der Waals surface area contributed by atoms with Crippen molar-refractivity contribution in [3.05, 3.63) is 11.6 Å². The zero-order chi connectivity index (χ0) is 10.8. The summed E-state index contributed by atoms with van der Waals surface area (Å²) in [5.74, 6) is -1.02. The Labute approximate surface area is 83.8 Å². The molecule has 1 saturated heterocycles. The van der Waals surface area contributed by atoms with Crippen LogP contribution in [0.15, 0.2) is 11.6 Å². The summed E-state index contributed by atoms with van der Waals surface area (Å²) in [6, 6.07) is 0. The third-order valence-corrected chi connectivity index (χ3v) is 1.98. The van der Waals surface area contributed by atoms with E-state index in [-0.39, 0.29) is 12.6 Å². The first-order chi connectivity index (χ1) is 6.44. The van der Waals surface area contributed by atoms with E-state index in [2.05, 4.69) is 0 Å². The predicted molar refractivity (Wildman–Crippen MR) is 50.4 cm³/mol. The summed E-state index contributed by atoms with van der Waals surface area (Å²) >= 11 is 0. The smallest absolute Gasteiger partial charge is 0.335 e. The van der Waals surface area contributed by atoms with E-state index in [4.69, 9.17) is 14.2 Å². The number of carbonyl (C=O) groups is 1. The lowest BCUT2D eigenvalue weighted by atomic mass is 10.3. The van der Waals surface area contributed by atoms with Crippen LogP contribution in [-0.4, -0.2) is 24.7 Å². The van der Waals surface area contributed by atoms with Crippen molar-refractivity contribution >= 4 is 5.97 Å². The van der Waals surface area contributed by atoms with Crippen LogP contribution in [0.25, 0.3) is 0 Å². The van der Waals surface area contributed by atoms with Gasteiger partial charge in [-0.1, -0.05) is 6.08 Å².